The standard InChI is InChI=1S/C19H13ClN4O2S/c1-23-16(13-4-2-3-5-15(13)22-23)10-14-17(25)21-19(27)24(18(14)26)12-8-6-11(20)7-9-12/h2-10H,1H3,(H,21,25,27). The van der Waals surface area contributed by atoms with Crippen LogP contribution in [0.25, 0.3) is 17.0 Å². The van der Waals surface area contributed by atoms with Gasteiger partial charge in [0.1, 0.15) is 5.57 Å². The van der Waals surface area contributed by atoms with Crippen molar-refractivity contribution in [3.63, 3.8) is 0 Å². The molecule has 1 fully saturated rings. The van der Waals surface area contributed by atoms with E-state index >= 15 is 0 Å². The van der Waals surface area contributed by atoms with Crippen LogP contribution < -0.4 is 10.2 Å². The molecule has 134 valence electrons. The van der Waals surface area contributed by atoms with Crippen molar-refractivity contribution in [3.05, 3.63) is 64.8 Å². The quantitative estimate of drug-likeness (QED) is 0.410. The summed E-state index contributed by atoms with van der Waals surface area (Å²) in [5.74, 6) is -1.04. The molecule has 2 heterocycles. The highest BCUT2D eigenvalue weighted by Crippen LogP contribution is 2.25. The van der Waals surface area contributed by atoms with E-state index in [9.17, 15) is 9.59 Å². The van der Waals surface area contributed by atoms with E-state index in [4.69, 9.17) is 23.8 Å². The van der Waals surface area contributed by atoms with Gasteiger partial charge in [-0.1, -0.05) is 29.8 Å². The van der Waals surface area contributed by atoms with E-state index in [0.29, 0.717) is 16.4 Å². The van der Waals surface area contributed by atoms with E-state index in [2.05, 4.69) is 10.4 Å². The molecule has 0 spiro atoms. The van der Waals surface area contributed by atoms with E-state index in [1.54, 1.807) is 36.0 Å². The normalized spacial score (nSPS) is 16.3. The third-order valence-corrected chi connectivity index (χ3v) is 4.79. The Balaban J connectivity index is 1.81. The molecule has 1 saturated heterocycles. The zero-order valence-electron chi connectivity index (χ0n) is 14.1. The highest BCUT2D eigenvalue weighted by Gasteiger charge is 2.34. The summed E-state index contributed by atoms with van der Waals surface area (Å²) in [4.78, 5) is 26.8. The van der Waals surface area contributed by atoms with E-state index in [1.165, 1.54) is 11.0 Å². The molecule has 1 aromatic heterocycles. The first-order valence-corrected chi connectivity index (χ1v) is 8.83. The third-order valence-electron chi connectivity index (χ3n) is 4.25. The van der Waals surface area contributed by atoms with Crippen LogP contribution in [0, 0.1) is 0 Å². The number of aromatic nitrogens is 2. The van der Waals surface area contributed by atoms with E-state index < -0.39 is 11.8 Å². The van der Waals surface area contributed by atoms with Gasteiger partial charge in [-0.25, -0.2) is 0 Å². The van der Waals surface area contributed by atoms with Crippen molar-refractivity contribution < 1.29 is 9.59 Å². The first-order chi connectivity index (χ1) is 13.0. The Morgan fingerprint density at radius 2 is 1.81 bits per heavy atom. The van der Waals surface area contributed by atoms with Gasteiger partial charge in [-0.15, -0.1) is 0 Å². The van der Waals surface area contributed by atoms with Crippen molar-refractivity contribution in [1.29, 1.82) is 0 Å². The molecule has 0 saturated carbocycles. The van der Waals surface area contributed by atoms with Crippen LogP contribution in [0.1, 0.15) is 5.69 Å². The SMILES string of the molecule is Cn1nc2ccccc2c1C=C1C(=O)NC(=S)N(c2ccc(Cl)cc2)C1=O. The van der Waals surface area contributed by atoms with Crippen LogP contribution >= 0.6 is 23.8 Å². The van der Waals surface area contributed by atoms with Crippen molar-refractivity contribution in [2.45, 2.75) is 0 Å². The minimum absolute atomic E-state index is 0.0210. The molecule has 0 bridgehead atoms. The molecule has 0 atom stereocenters. The van der Waals surface area contributed by atoms with E-state index in [-0.39, 0.29) is 10.7 Å². The molecule has 0 unspecified atom stereocenters. The van der Waals surface area contributed by atoms with Crippen molar-refractivity contribution in [1.82, 2.24) is 15.1 Å². The summed E-state index contributed by atoms with van der Waals surface area (Å²) in [7, 11) is 1.76. The van der Waals surface area contributed by atoms with Gasteiger partial charge in [-0.3, -0.25) is 24.5 Å². The second-order valence-corrected chi connectivity index (χ2v) is 6.78. The van der Waals surface area contributed by atoms with Crippen LogP contribution in [0.4, 0.5) is 5.69 Å². The first-order valence-electron chi connectivity index (χ1n) is 8.04. The molecular formula is C19H13ClN4O2S. The number of fused-ring (bicyclic) bond motifs is 1. The van der Waals surface area contributed by atoms with E-state index in [1.807, 2.05) is 24.3 Å². The smallest absolute Gasteiger partial charge is 0.270 e. The van der Waals surface area contributed by atoms with Gasteiger partial charge in [0.05, 0.1) is 16.9 Å². The lowest BCUT2D eigenvalue weighted by Crippen LogP contribution is -2.54. The van der Waals surface area contributed by atoms with Crippen molar-refractivity contribution >= 4 is 63.4 Å². The number of amides is 2. The van der Waals surface area contributed by atoms with Gasteiger partial charge in [-0.05, 0) is 48.6 Å². The monoisotopic (exact) mass is 396 g/mol. The molecule has 0 radical (unpaired) electrons. The summed E-state index contributed by atoms with van der Waals surface area (Å²) in [6.45, 7) is 0. The number of nitrogens with zero attached hydrogens (tertiary/aromatic N) is 3. The maximum atomic E-state index is 13.1. The summed E-state index contributed by atoms with van der Waals surface area (Å²) in [6.07, 6.45) is 1.54. The molecule has 6 nitrogen and oxygen atoms in total. The number of benzene rings is 2. The summed E-state index contributed by atoms with van der Waals surface area (Å²) in [5, 5.41) is 8.39. The first kappa shape index (κ1) is 17.4. The third kappa shape index (κ3) is 3.01. The van der Waals surface area contributed by atoms with Crippen LogP contribution in [0.5, 0.6) is 0 Å². The lowest BCUT2D eigenvalue weighted by Gasteiger charge is -2.28. The molecule has 1 aliphatic rings. The molecule has 8 heteroatoms. The highest BCUT2D eigenvalue weighted by molar-refractivity contribution is 7.80. The summed E-state index contributed by atoms with van der Waals surface area (Å²) >= 11 is 11.1. The topological polar surface area (TPSA) is 67.2 Å². The van der Waals surface area contributed by atoms with Gasteiger partial charge in [0, 0.05) is 17.5 Å². The van der Waals surface area contributed by atoms with Gasteiger partial charge in [-0.2, -0.15) is 5.10 Å². The van der Waals surface area contributed by atoms with Gasteiger partial charge < -0.3 is 0 Å². The molecule has 3 aromatic rings. The summed E-state index contributed by atoms with van der Waals surface area (Å²) in [6, 6.07) is 14.2. The number of carbonyl (C=O) groups is 2. The number of hydrogen-bond acceptors (Lipinski definition) is 4. The zero-order chi connectivity index (χ0) is 19.1. The molecule has 1 aliphatic heterocycles. The molecule has 0 aliphatic carbocycles. The number of halogens is 1. The van der Waals surface area contributed by atoms with Crippen LogP contribution in [0.2, 0.25) is 5.02 Å². The second-order valence-electron chi connectivity index (χ2n) is 5.96. The largest absolute Gasteiger partial charge is 0.298 e. The Kier molecular flexibility index (Phi) is 4.25. The number of anilines is 1. The number of rotatable bonds is 2. The average molecular weight is 397 g/mol. The second kappa shape index (κ2) is 6.61. The van der Waals surface area contributed by atoms with Gasteiger partial charge in [0.2, 0.25) is 0 Å². The summed E-state index contributed by atoms with van der Waals surface area (Å²) < 4.78 is 1.64. The van der Waals surface area contributed by atoms with Crippen LogP contribution in [-0.2, 0) is 16.6 Å². The van der Waals surface area contributed by atoms with Crippen molar-refractivity contribution in [2.75, 3.05) is 4.90 Å². The van der Waals surface area contributed by atoms with Crippen LogP contribution in [-0.4, -0.2) is 26.7 Å². The van der Waals surface area contributed by atoms with Gasteiger partial charge in [0.25, 0.3) is 11.8 Å². The van der Waals surface area contributed by atoms with Crippen LogP contribution in [0.3, 0.4) is 0 Å². The predicted octanol–water partition coefficient (Wildman–Crippen LogP) is 3.06. The Bertz CT molecular complexity index is 1130. The molecule has 2 amide bonds. The molecule has 27 heavy (non-hydrogen) atoms. The number of carbonyl (C=O) groups excluding carboxylic acids is 2. The fraction of sp³-hybridized carbons (Fsp3) is 0.0526. The minimum Gasteiger partial charge on any atom is -0.298 e. The minimum atomic E-state index is -0.541. The van der Waals surface area contributed by atoms with Gasteiger partial charge >= 0.3 is 0 Å². The highest BCUT2D eigenvalue weighted by atomic mass is 35.5. The lowest BCUT2D eigenvalue weighted by molar-refractivity contribution is -0.122. The van der Waals surface area contributed by atoms with Gasteiger partial charge in [0.15, 0.2) is 5.11 Å². The predicted molar refractivity (Wildman–Crippen MR) is 108 cm³/mol. The summed E-state index contributed by atoms with van der Waals surface area (Å²) in [5.41, 5.74) is 1.94. The number of hydrogen-bond donors (Lipinski definition) is 1. The fourth-order valence-electron chi connectivity index (χ4n) is 2.96. The van der Waals surface area contributed by atoms with E-state index in [0.717, 1.165) is 10.9 Å². The van der Waals surface area contributed by atoms with Crippen molar-refractivity contribution in [2.24, 2.45) is 7.05 Å². The average Bonchev–Trinajstić information content (AvgIpc) is 2.95. The zero-order valence-corrected chi connectivity index (χ0v) is 15.7. The maximum Gasteiger partial charge on any atom is 0.270 e. The molecule has 1 N–H and O–H groups in total. The maximum absolute atomic E-state index is 13.1. The number of thiocarbonyl (C=S) groups is 1. The Hall–Kier alpha value is -3.03. The lowest BCUT2D eigenvalue weighted by atomic mass is 10.1. The molecule has 4 rings (SSSR count). The van der Waals surface area contributed by atoms with Crippen LogP contribution in [0.15, 0.2) is 54.1 Å². The van der Waals surface area contributed by atoms with Crippen molar-refractivity contribution in [3.8, 4) is 0 Å². The molecular weight excluding hydrogens is 384 g/mol. The number of aryl methyl sites for hydroxylation is 1. The molecule has 2 aromatic carbocycles. The fourth-order valence-corrected chi connectivity index (χ4v) is 3.36. The number of nitrogens with one attached hydrogen (secondary N) is 1. The Morgan fingerprint density at radius 1 is 1.11 bits per heavy atom. The Labute approximate surface area is 165 Å². The Morgan fingerprint density at radius 3 is 2.56 bits per heavy atom.